The number of nitrogens with zero attached hydrogens (tertiary/aromatic N) is 2. The number of hydrogen-bond donors (Lipinski definition) is 3. The van der Waals surface area contributed by atoms with E-state index in [1.807, 2.05) is 0 Å². The quantitative estimate of drug-likeness (QED) is 0.372. The Balaban J connectivity index is 1.72. The van der Waals surface area contributed by atoms with Crippen LogP contribution in [0.2, 0.25) is 0 Å². The molecule has 2 saturated carbocycles. The van der Waals surface area contributed by atoms with E-state index in [0.29, 0.717) is 25.7 Å². The molecule has 0 aromatic carbocycles. The fraction of sp³-hybridized carbons (Fsp3) is 0.833. The van der Waals surface area contributed by atoms with Gasteiger partial charge in [-0.3, -0.25) is 19.2 Å². The second kappa shape index (κ2) is 12.0. The third kappa shape index (κ3) is 6.83. The maximum Gasteiger partial charge on any atom is 0.289 e. The molecule has 0 aromatic rings. The van der Waals surface area contributed by atoms with E-state index in [1.54, 1.807) is 18.7 Å². The zero-order valence-electron chi connectivity index (χ0n) is 21.7. The lowest BCUT2D eigenvalue weighted by Gasteiger charge is -2.40. The first kappa shape index (κ1) is 28.5. The molecule has 36 heavy (non-hydrogen) atoms. The van der Waals surface area contributed by atoms with Crippen molar-refractivity contribution in [2.45, 2.75) is 96.2 Å². The number of rotatable bonds is 9. The number of carbonyl (C=O) groups excluding carboxylic acids is 4. The number of nitrogens with one attached hydrogen (secondary N) is 3. The van der Waals surface area contributed by atoms with Gasteiger partial charge in [0.1, 0.15) is 5.54 Å². The maximum atomic E-state index is 13.6. The molecule has 11 nitrogen and oxygen atoms in total. The molecule has 12 heteroatoms. The van der Waals surface area contributed by atoms with Gasteiger partial charge >= 0.3 is 0 Å². The molecule has 1 saturated heterocycles. The molecular weight excluding hydrogens is 486 g/mol. The average Bonchev–Trinajstić information content (AvgIpc) is 3.35. The molecule has 3 N–H and O–H groups in total. The Hall–Kier alpha value is -2.05. The summed E-state index contributed by atoms with van der Waals surface area (Å²) in [5.74, 6) is -2.45. The van der Waals surface area contributed by atoms with Crippen molar-refractivity contribution in [3.8, 4) is 0 Å². The molecule has 0 bridgehead atoms. The van der Waals surface area contributed by atoms with Crippen molar-refractivity contribution in [3.63, 3.8) is 0 Å². The summed E-state index contributed by atoms with van der Waals surface area (Å²) in [6, 6.07) is -1.08. The molecule has 1 aliphatic heterocycles. The van der Waals surface area contributed by atoms with Gasteiger partial charge in [-0.05, 0) is 31.6 Å². The second-order valence-electron chi connectivity index (χ2n) is 10.7. The summed E-state index contributed by atoms with van der Waals surface area (Å²) >= 11 is 0. The first-order valence-corrected chi connectivity index (χ1v) is 14.6. The van der Waals surface area contributed by atoms with Crippen molar-refractivity contribution in [2.24, 2.45) is 5.92 Å². The molecule has 2 aliphatic carbocycles. The van der Waals surface area contributed by atoms with Crippen molar-refractivity contribution >= 4 is 33.7 Å². The SMILES string of the molecule is CC(=O)N1CCN(S(=O)(=O)NC2(C(=O)NC(C(=O)C(=O)NC3CCCC3)C(C)C)CCCCC2)CC1. The standard InChI is InChI=1S/C24H41N5O6S/c1-17(2)20(21(31)22(32)25-19-9-5-6-10-19)26-23(33)24(11-7-4-8-12-24)27-36(34,35)29-15-13-28(14-16-29)18(3)30/h17,19-20,27H,4-16H2,1-3H3,(H,25,32)(H,26,33). The number of ketones is 1. The topological polar surface area (TPSA) is 145 Å². The molecule has 1 heterocycles. The highest BCUT2D eigenvalue weighted by atomic mass is 32.2. The van der Waals surface area contributed by atoms with Crippen LogP contribution in [0.4, 0.5) is 0 Å². The zero-order chi connectivity index (χ0) is 26.5. The van der Waals surface area contributed by atoms with E-state index in [0.717, 1.165) is 32.1 Å². The number of amides is 3. The molecule has 3 rings (SSSR count). The lowest BCUT2D eigenvalue weighted by atomic mass is 9.81. The summed E-state index contributed by atoms with van der Waals surface area (Å²) in [5.41, 5.74) is -1.40. The highest BCUT2D eigenvalue weighted by molar-refractivity contribution is 7.87. The molecule has 0 radical (unpaired) electrons. The molecule has 1 atom stereocenters. The van der Waals surface area contributed by atoms with E-state index in [9.17, 15) is 27.6 Å². The Morgan fingerprint density at radius 1 is 0.889 bits per heavy atom. The third-order valence-corrected chi connectivity index (χ3v) is 9.33. The fourth-order valence-corrected chi connectivity index (χ4v) is 6.93. The van der Waals surface area contributed by atoms with Gasteiger partial charge in [0.2, 0.25) is 17.6 Å². The van der Waals surface area contributed by atoms with Gasteiger partial charge in [0.25, 0.3) is 16.1 Å². The Labute approximate surface area is 214 Å². The van der Waals surface area contributed by atoms with Crippen LogP contribution in [0.15, 0.2) is 0 Å². The van der Waals surface area contributed by atoms with E-state index in [4.69, 9.17) is 0 Å². The molecule has 204 valence electrons. The van der Waals surface area contributed by atoms with Crippen molar-refractivity contribution in [1.29, 1.82) is 0 Å². The monoisotopic (exact) mass is 527 g/mol. The van der Waals surface area contributed by atoms with Crippen LogP contribution in [0.5, 0.6) is 0 Å². The first-order chi connectivity index (χ1) is 16.9. The van der Waals surface area contributed by atoms with Crippen molar-refractivity contribution in [1.82, 2.24) is 24.6 Å². The summed E-state index contributed by atoms with van der Waals surface area (Å²) in [6.45, 7) is 5.80. The van der Waals surface area contributed by atoms with E-state index in [1.165, 1.54) is 11.2 Å². The van der Waals surface area contributed by atoms with Gasteiger partial charge in [0.05, 0.1) is 6.04 Å². The Bertz CT molecular complexity index is 933. The zero-order valence-corrected chi connectivity index (χ0v) is 22.5. The van der Waals surface area contributed by atoms with Crippen molar-refractivity contribution in [2.75, 3.05) is 26.2 Å². The molecule has 3 fully saturated rings. The number of piperazine rings is 1. The van der Waals surface area contributed by atoms with Gasteiger partial charge in [-0.2, -0.15) is 17.4 Å². The van der Waals surface area contributed by atoms with Crippen LogP contribution in [0.25, 0.3) is 0 Å². The number of carbonyl (C=O) groups is 4. The van der Waals surface area contributed by atoms with Crippen LogP contribution in [0.1, 0.15) is 78.6 Å². The normalized spacial score (nSPS) is 22.3. The summed E-state index contributed by atoms with van der Waals surface area (Å²) in [7, 11) is -4.02. The van der Waals surface area contributed by atoms with Gasteiger partial charge < -0.3 is 15.5 Å². The van der Waals surface area contributed by atoms with Crippen LogP contribution in [-0.2, 0) is 29.4 Å². The van der Waals surface area contributed by atoms with E-state index >= 15 is 0 Å². The lowest BCUT2D eigenvalue weighted by molar-refractivity contribution is -0.142. The van der Waals surface area contributed by atoms with Gasteiger partial charge in [0.15, 0.2) is 0 Å². The molecule has 0 spiro atoms. The largest absolute Gasteiger partial charge is 0.347 e. The van der Waals surface area contributed by atoms with E-state index < -0.39 is 39.4 Å². The minimum Gasteiger partial charge on any atom is -0.347 e. The Morgan fingerprint density at radius 3 is 2.00 bits per heavy atom. The molecule has 3 aliphatic rings. The highest BCUT2D eigenvalue weighted by Crippen LogP contribution is 2.30. The molecule has 0 aromatic heterocycles. The predicted molar refractivity (Wildman–Crippen MR) is 134 cm³/mol. The van der Waals surface area contributed by atoms with Gasteiger partial charge in [-0.1, -0.05) is 46.0 Å². The highest BCUT2D eigenvalue weighted by Gasteiger charge is 2.46. The van der Waals surface area contributed by atoms with Crippen LogP contribution >= 0.6 is 0 Å². The smallest absolute Gasteiger partial charge is 0.289 e. The van der Waals surface area contributed by atoms with Crippen molar-refractivity contribution in [3.05, 3.63) is 0 Å². The Morgan fingerprint density at radius 2 is 1.47 bits per heavy atom. The van der Waals surface area contributed by atoms with Crippen LogP contribution in [0.3, 0.4) is 0 Å². The van der Waals surface area contributed by atoms with Crippen molar-refractivity contribution < 1.29 is 27.6 Å². The van der Waals surface area contributed by atoms with Crippen LogP contribution < -0.4 is 15.4 Å². The number of hydrogen-bond acceptors (Lipinski definition) is 6. The summed E-state index contributed by atoms with van der Waals surface area (Å²) in [6.07, 6.45) is 6.51. The minimum atomic E-state index is -4.02. The number of Topliss-reactive ketones (excluding diaryl/α,β-unsaturated/α-hetero) is 1. The van der Waals surface area contributed by atoms with Gasteiger partial charge in [-0.15, -0.1) is 0 Å². The summed E-state index contributed by atoms with van der Waals surface area (Å²) in [4.78, 5) is 52.4. The lowest BCUT2D eigenvalue weighted by Crippen LogP contribution is -2.65. The second-order valence-corrected chi connectivity index (χ2v) is 12.3. The maximum absolute atomic E-state index is 13.6. The first-order valence-electron chi connectivity index (χ1n) is 13.2. The minimum absolute atomic E-state index is 0.0232. The van der Waals surface area contributed by atoms with E-state index in [2.05, 4.69) is 15.4 Å². The third-order valence-electron chi connectivity index (χ3n) is 7.64. The predicted octanol–water partition coefficient (Wildman–Crippen LogP) is 0.457. The molecule has 1 unspecified atom stereocenters. The summed E-state index contributed by atoms with van der Waals surface area (Å²) in [5, 5.41) is 5.52. The van der Waals surface area contributed by atoms with Crippen LogP contribution in [-0.4, -0.2) is 84.9 Å². The van der Waals surface area contributed by atoms with Gasteiger partial charge in [0, 0.05) is 39.1 Å². The molecular formula is C24H41N5O6S. The van der Waals surface area contributed by atoms with Gasteiger partial charge in [-0.25, -0.2) is 0 Å². The van der Waals surface area contributed by atoms with E-state index in [-0.39, 0.29) is 44.0 Å². The Kier molecular flexibility index (Phi) is 9.50. The summed E-state index contributed by atoms with van der Waals surface area (Å²) < 4.78 is 30.5. The molecule has 3 amide bonds. The van der Waals surface area contributed by atoms with Crippen LogP contribution in [0, 0.1) is 5.92 Å². The average molecular weight is 528 g/mol. The fourth-order valence-electron chi connectivity index (χ4n) is 5.37.